The number of hydrogen-bond acceptors (Lipinski definition) is 3. The first-order valence-corrected chi connectivity index (χ1v) is 7.78. The summed E-state index contributed by atoms with van der Waals surface area (Å²) >= 11 is 0. The first-order valence-electron chi connectivity index (χ1n) is 7.78. The molecule has 2 fully saturated rings. The van der Waals surface area contributed by atoms with Crippen LogP contribution in [0.5, 0.6) is 0 Å². The summed E-state index contributed by atoms with van der Waals surface area (Å²) in [7, 11) is 0. The fourth-order valence-electron chi connectivity index (χ4n) is 2.99. The summed E-state index contributed by atoms with van der Waals surface area (Å²) in [6.45, 7) is 8.87. The third kappa shape index (κ3) is 3.40. The van der Waals surface area contributed by atoms with Crippen molar-refractivity contribution in [2.24, 2.45) is 5.92 Å². The highest BCUT2D eigenvalue weighted by Crippen LogP contribution is 2.24. The largest absolute Gasteiger partial charge is 0.465 e. The summed E-state index contributed by atoms with van der Waals surface area (Å²) in [4.78, 5) is 2.57. The van der Waals surface area contributed by atoms with Gasteiger partial charge in [-0.05, 0) is 44.7 Å². The van der Waals surface area contributed by atoms with Crippen molar-refractivity contribution < 1.29 is 4.42 Å². The van der Waals surface area contributed by atoms with Crippen LogP contribution in [0.4, 0.5) is 0 Å². The van der Waals surface area contributed by atoms with E-state index in [9.17, 15) is 0 Å². The lowest BCUT2D eigenvalue weighted by atomic mass is 10.1. The zero-order chi connectivity index (χ0) is 13.2. The number of hydrogen-bond donors (Lipinski definition) is 1. The highest BCUT2D eigenvalue weighted by Gasteiger charge is 2.23. The van der Waals surface area contributed by atoms with Gasteiger partial charge >= 0.3 is 0 Å². The van der Waals surface area contributed by atoms with E-state index in [0.717, 1.165) is 36.6 Å². The third-order valence-corrected chi connectivity index (χ3v) is 4.56. The molecular formula is C16H26N2O. The van der Waals surface area contributed by atoms with E-state index < -0.39 is 0 Å². The highest BCUT2D eigenvalue weighted by molar-refractivity contribution is 5.21. The Morgan fingerprint density at radius 2 is 2.21 bits per heavy atom. The van der Waals surface area contributed by atoms with Gasteiger partial charge in [0.25, 0.3) is 0 Å². The van der Waals surface area contributed by atoms with Gasteiger partial charge in [-0.3, -0.25) is 4.90 Å². The number of nitrogens with one attached hydrogen (secondary N) is 1. The predicted octanol–water partition coefficient (Wildman–Crippen LogP) is 3.07. The fraction of sp³-hybridized carbons (Fsp3) is 0.750. The average molecular weight is 262 g/mol. The van der Waals surface area contributed by atoms with E-state index in [0.29, 0.717) is 0 Å². The molecule has 3 rings (SSSR count). The molecule has 1 N–H and O–H groups in total. The van der Waals surface area contributed by atoms with Gasteiger partial charge in [-0.1, -0.05) is 13.3 Å². The first kappa shape index (κ1) is 13.2. The molecule has 1 aromatic heterocycles. The van der Waals surface area contributed by atoms with Crippen LogP contribution >= 0.6 is 0 Å². The van der Waals surface area contributed by atoms with E-state index >= 15 is 0 Å². The van der Waals surface area contributed by atoms with Gasteiger partial charge in [0.2, 0.25) is 0 Å². The van der Waals surface area contributed by atoms with Crippen LogP contribution in [0, 0.1) is 12.8 Å². The van der Waals surface area contributed by atoms with Crippen LogP contribution in [-0.2, 0) is 13.1 Å². The molecule has 1 aliphatic carbocycles. The molecule has 1 aromatic rings. The van der Waals surface area contributed by atoms with Crippen molar-refractivity contribution >= 4 is 0 Å². The van der Waals surface area contributed by atoms with Gasteiger partial charge in [-0.2, -0.15) is 0 Å². The van der Waals surface area contributed by atoms with Crippen LogP contribution in [-0.4, -0.2) is 24.0 Å². The number of likely N-dealkylation sites (tertiary alicyclic amines) is 1. The molecule has 2 aliphatic rings. The number of nitrogens with zero attached hydrogens (tertiary/aromatic N) is 1. The molecule has 3 heteroatoms. The van der Waals surface area contributed by atoms with Gasteiger partial charge in [0.05, 0.1) is 6.54 Å². The average Bonchev–Trinajstić information content (AvgIpc) is 3.02. The molecule has 3 nitrogen and oxygen atoms in total. The Bertz CT molecular complexity index is 422. The zero-order valence-corrected chi connectivity index (χ0v) is 12.2. The van der Waals surface area contributed by atoms with E-state index in [1.807, 2.05) is 0 Å². The third-order valence-electron chi connectivity index (χ3n) is 4.56. The second kappa shape index (κ2) is 5.68. The van der Waals surface area contributed by atoms with Gasteiger partial charge in [-0.15, -0.1) is 0 Å². The summed E-state index contributed by atoms with van der Waals surface area (Å²) in [5.74, 6) is 3.11. The molecule has 19 heavy (non-hydrogen) atoms. The van der Waals surface area contributed by atoms with Gasteiger partial charge in [0, 0.05) is 24.7 Å². The minimum atomic E-state index is 0.748. The molecule has 106 valence electrons. The Hall–Kier alpha value is -0.800. The van der Waals surface area contributed by atoms with Crippen molar-refractivity contribution in [1.82, 2.24) is 10.2 Å². The smallest absolute Gasteiger partial charge is 0.118 e. The lowest BCUT2D eigenvalue weighted by molar-refractivity contribution is 0.312. The summed E-state index contributed by atoms with van der Waals surface area (Å²) in [5.41, 5.74) is 1.38. The normalized spacial score (nSPS) is 24.2. The lowest BCUT2D eigenvalue weighted by Gasteiger charge is -2.14. The Morgan fingerprint density at radius 1 is 1.37 bits per heavy atom. The van der Waals surface area contributed by atoms with Crippen molar-refractivity contribution in [2.45, 2.75) is 58.7 Å². The molecular weight excluding hydrogens is 236 g/mol. The number of rotatable bonds is 6. The fourth-order valence-corrected chi connectivity index (χ4v) is 2.99. The number of aryl methyl sites for hydroxylation is 1. The second-order valence-corrected chi connectivity index (χ2v) is 6.25. The minimum absolute atomic E-state index is 0.748. The van der Waals surface area contributed by atoms with Crippen LogP contribution in [0.2, 0.25) is 0 Å². The monoisotopic (exact) mass is 262 g/mol. The van der Waals surface area contributed by atoms with E-state index in [1.54, 1.807) is 0 Å². The Kier molecular flexibility index (Phi) is 3.94. The van der Waals surface area contributed by atoms with Crippen molar-refractivity contribution in [3.05, 3.63) is 23.2 Å². The Balaban J connectivity index is 1.54. The van der Waals surface area contributed by atoms with Gasteiger partial charge in [-0.25, -0.2) is 0 Å². The number of furan rings is 1. The van der Waals surface area contributed by atoms with Crippen molar-refractivity contribution in [3.63, 3.8) is 0 Å². The molecule has 1 unspecified atom stereocenters. The maximum absolute atomic E-state index is 5.87. The van der Waals surface area contributed by atoms with E-state index in [-0.39, 0.29) is 0 Å². The maximum atomic E-state index is 5.87. The summed E-state index contributed by atoms with van der Waals surface area (Å²) in [6.07, 6.45) is 5.35. The van der Waals surface area contributed by atoms with Crippen LogP contribution in [0.25, 0.3) is 0 Å². The zero-order valence-electron chi connectivity index (χ0n) is 12.2. The predicted molar refractivity (Wildman–Crippen MR) is 77.0 cm³/mol. The van der Waals surface area contributed by atoms with Gasteiger partial charge in [0.15, 0.2) is 0 Å². The van der Waals surface area contributed by atoms with Gasteiger partial charge in [0.1, 0.15) is 11.5 Å². The molecule has 0 aromatic carbocycles. The second-order valence-electron chi connectivity index (χ2n) is 6.25. The minimum Gasteiger partial charge on any atom is -0.465 e. The van der Waals surface area contributed by atoms with Crippen LogP contribution in [0.1, 0.15) is 49.7 Å². The molecule has 2 heterocycles. The summed E-state index contributed by atoms with van der Waals surface area (Å²) in [6, 6.07) is 3.00. The quantitative estimate of drug-likeness (QED) is 0.854. The van der Waals surface area contributed by atoms with Crippen molar-refractivity contribution in [1.29, 1.82) is 0 Å². The first-order chi connectivity index (χ1) is 9.24. The highest BCUT2D eigenvalue weighted by atomic mass is 16.3. The SMILES string of the molecule is CCC1CCN(Cc2cc(CNC3CC3)oc2C)C1. The van der Waals surface area contributed by atoms with E-state index in [4.69, 9.17) is 4.42 Å². The molecule has 1 saturated heterocycles. The van der Waals surface area contributed by atoms with Crippen LogP contribution < -0.4 is 5.32 Å². The molecule has 0 spiro atoms. The molecule has 1 saturated carbocycles. The topological polar surface area (TPSA) is 28.4 Å². The van der Waals surface area contributed by atoms with E-state index in [2.05, 4.69) is 30.1 Å². The summed E-state index contributed by atoms with van der Waals surface area (Å²) < 4.78 is 5.87. The lowest BCUT2D eigenvalue weighted by Crippen LogP contribution is -2.20. The van der Waals surface area contributed by atoms with Crippen LogP contribution in [0.3, 0.4) is 0 Å². The molecule has 0 amide bonds. The molecule has 1 aliphatic heterocycles. The molecule has 0 radical (unpaired) electrons. The molecule has 0 bridgehead atoms. The van der Waals surface area contributed by atoms with Gasteiger partial charge < -0.3 is 9.73 Å². The van der Waals surface area contributed by atoms with Crippen molar-refractivity contribution in [2.75, 3.05) is 13.1 Å². The van der Waals surface area contributed by atoms with E-state index in [1.165, 1.54) is 44.3 Å². The van der Waals surface area contributed by atoms with Crippen molar-refractivity contribution in [3.8, 4) is 0 Å². The Morgan fingerprint density at radius 3 is 2.89 bits per heavy atom. The standard InChI is InChI=1S/C16H26N2O/c1-3-13-6-7-18(10-13)11-14-8-16(19-12(14)2)9-17-15-4-5-15/h8,13,15,17H,3-7,9-11H2,1-2H3. The summed E-state index contributed by atoms with van der Waals surface area (Å²) in [5, 5.41) is 3.52. The molecule has 1 atom stereocenters. The maximum Gasteiger partial charge on any atom is 0.118 e. The van der Waals surface area contributed by atoms with Crippen LogP contribution in [0.15, 0.2) is 10.5 Å². The Labute approximate surface area is 116 Å².